The number of hydrogen-bond acceptors (Lipinski definition) is 3. The number of benzene rings is 1. The van der Waals surface area contributed by atoms with Gasteiger partial charge in [0.2, 0.25) is 0 Å². The fourth-order valence-electron chi connectivity index (χ4n) is 1.67. The van der Waals surface area contributed by atoms with Crippen molar-refractivity contribution < 1.29 is 14.3 Å². The molecule has 1 atom stereocenters. The lowest BCUT2D eigenvalue weighted by atomic mass is 10.0. The van der Waals surface area contributed by atoms with Gasteiger partial charge >= 0.3 is 6.09 Å². The van der Waals surface area contributed by atoms with E-state index in [1.807, 2.05) is 18.2 Å². The minimum absolute atomic E-state index is 0. The molecule has 0 spiro atoms. The zero-order valence-electron chi connectivity index (χ0n) is 9.23. The summed E-state index contributed by atoms with van der Waals surface area (Å²) >= 11 is 3.42. The fourth-order valence-corrected chi connectivity index (χ4v) is 2.23. The molecule has 1 aliphatic heterocycles. The molecule has 0 aromatic heterocycles. The molecule has 4 nitrogen and oxygen atoms in total. The van der Waals surface area contributed by atoms with E-state index in [0.717, 1.165) is 22.2 Å². The van der Waals surface area contributed by atoms with E-state index in [1.54, 1.807) is 7.11 Å². The van der Waals surface area contributed by atoms with E-state index in [-0.39, 0.29) is 24.5 Å². The molecule has 0 unspecified atom stereocenters. The maximum absolute atomic E-state index is 11.1. The van der Waals surface area contributed by atoms with Crippen molar-refractivity contribution in [2.75, 3.05) is 13.7 Å². The summed E-state index contributed by atoms with van der Waals surface area (Å²) in [5.41, 5.74) is 1.05. The Hall–Kier alpha value is -0.940. The maximum atomic E-state index is 11.1. The fraction of sp³-hybridized carbons (Fsp3) is 0.364. The Morgan fingerprint density at radius 2 is 2.29 bits per heavy atom. The summed E-state index contributed by atoms with van der Waals surface area (Å²) in [4.78, 5) is 11.1. The minimum Gasteiger partial charge on any atom is -0.496 e. The summed E-state index contributed by atoms with van der Waals surface area (Å²) < 4.78 is 10.9. The number of carbonyl (C=O) groups is 1. The Labute approximate surface area is 114 Å². The Kier molecular flexibility index (Phi) is 5.08. The van der Waals surface area contributed by atoms with Crippen molar-refractivity contribution in [3.63, 3.8) is 0 Å². The van der Waals surface area contributed by atoms with Crippen LogP contribution in [0.2, 0.25) is 0 Å². The highest BCUT2D eigenvalue weighted by atomic mass is 79.9. The largest absolute Gasteiger partial charge is 0.496 e. The quantitative estimate of drug-likeness (QED) is 0.910. The first-order valence-electron chi connectivity index (χ1n) is 4.97. The average molecular weight is 323 g/mol. The lowest BCUT2D eigenvalue weighted by Gasteiger charge is -2.24. The molecule has 6 heteroatoms. The lowest BCUT2D eigenvalue weighted by molar-refractivity contribution is 0.115. The van der Waals surface area contributed by atoms with Crippen LogP contribution >= 0.6 is 28.3 Å². The van der Waals surface area contributed by atoms with Crippen LogP contribution in [0.1, 0.15) is 18.0 Å². The summed E-state index contributed by atoms with van der Waals surface area (Å²) in [5.74, 6) is 0.780. The van der Waals surface area contributed by atoms with Gasteiger partial charge in [0, 0.05) is 6.42 Å². The average Bonchev–Trinajstić information content (AvgIpc) is 2.29. The van der Waals surface area contributed by atoms with Gasteiger partial charge < -0.3 is 14.8 Å². The SMILES string of the molecule is COc1ccc([C@@H]2CCOC(=O)N2)cc1Br.Cl. The molecule has 0 bridgehead atoms. The smallest absolute Gasteiger partial charge is 0.407 e. The number of ether oxygens (including phenoxy) is 2. The molecule has 1 aromatic carbocycles. The lowest BCUT2D eigenvalue weighted by Crippen LogP contribution is -2.35. The molecule has 0 aliphatic carbocycles. The van der Waals surface area contributed by atoms with Crippen LogP contribution < -0.4 is 10.1 Å². The third kappa shape index (κ3) is 3.26. The number of nitrogens with one attached hydrogen (secondary N) is 1. The summed E-state index contributed by atoms with van der Waals surface area (Å²) in [7, 11) is 1.62. The van der Waals surface area contributed by atoms with Gasteiger partial charge in [0.15, 0.2) is 0 Å². The number of rotatable bonds is 2. The van der Waals surface area contributed by atoms with Crippen LogP contribution in [0.3, 0.4) is 0 Å². The molecule has 0 radical (unpaired) electrons. The third-order valence-electron chi connectivity index (χ3n) is 2.51. The molecule has 1 aliphatic rings. The van der Waals surface area contributed by atoms with Crippen molar-refractivity contribution in [2.24, 2.45) is 0 Å². The van der Waals surface area contributed by atoms with E-state index in [1.165, 1.54) is 0 Å². The molecule has 1 heterocycles. The number of amides is 1. The van der Waals surface area contributed by atoms with Crippen LogP contribution in [0.5, 0.6) is 5.75 Å². The number of carbonyl (C=O) groups excluding carboxylic acids is 1. The zero-order valence-corrected chi connectivity index (χ0v) is 11.6. The molecule has 1 fully saturated rings. The number of hydrogen-bond donors (Lipinski definition) is 1. The highest BCUT2D eigenvalue weighted by molar-refractivity contribution is 9.10. The van der Waals surface area contributed by atoms with Crippen molar-refractivity contribution in [1.29, 1.82) is 0 Å². The second kappa shape index (κ2) is 6.12. The van der Waals surface area contributed by atoms with Crippen molar-refractivity contribution in [3.05, 3.63) is 28.2 Å². The van der Waals surface area contributed by atoms with Gasteiger partial charge in [-0.25, -0.2) is 4.79 Å². The first-order chi connectivity index (χ1) is 7.70. The van der Waals surface area contributed by atoms with E-state index < -0.39 is 0 Å². The van der Waals surface area contributed by atoms with Crippen molar-refractivity contribution in [1.82, 2.24) is 5.32 Å². The molecule has 1 saturated heterocycles. The van der Waals surface area contributed by atoms with Crippen LogP contribution in [-0.4, -0.2) is 19.8 Å². The summed E-state index contributed by atoms with van der Waals surface area (Å²) in [6.07, 6.45) is 0.424. The van der Waals surface area contributed by atoms with Gasteiger partial charge in [-0.05, 0) is 33.6 Å². The molecular weight excluding hydrogens is 309 g/mol. The van der Waals surface area contributed by atoms with Crippen LogP contribution in [0.4, 0.5) is 4.79 Å². The van der Waals surface area contributed by atoms with Crippen molar-refractivity contribution >= 4 is 34.4 Å². The van der Waals surface area contributed by atoms with Gasteiger partial charge in [0.05, 0.1) is 24.2 Å². The molecule has 1 aromatic rings. The van der Waals surface area contributed by atoms with Gasteiger partial charge in [0.25, 0.3) is 0 Å². The van der Waals surface area contributed by atoms with Gasteiger partial charge in [-0.15, -0.1) is 12.4 Å². The van der Waals surface area contributed by atoms with Crippen LogP contribution in [0.25, 0.3) is 0 Å². The highest BCUT2D eigenvalue weighted by Gasteiger charge is 2.21. The molecule has 2 rings (SSSR count). The van der Waals surface area contributed by atoms with E-state index in [2.05, 4.69) is 21.2 Å². The zero-order chi connectivity index (χ0) is 11.5. The highest BCUT2D eigenvalue weighted by Crippen LogP contribution is 2.29. The number of methoxy groups -OCH3 is 1. The second-order valence-corrected chi connectivity index (χ2v) is 4.37. The van der Waals surface area contributed by atoms with Gasteiger partial charge in [-0.3, -0.25) is 0 Å². The Morgan fingerprint density at radius 1 is 1.53 bits per heavy atom. The van der Waals surface area contributed by atoms with Gasteiger partial charge in [-0.1, -0.05) is 6.07 Å². The van der Waals surface area contributed by atoms with Crippen LogP contribution in [0.15, 0.2) is 22.7 Å². The van der Waals surface area contributed by atoms with E-state index in [9.17, 15) is 4.79 Å². The predicted octanol–water partition coefficient (Wildman–Crippen LogP) is 3.05. The van der Waals surface area contributed by atoms with Crippen LogP contribution in [0, 0.1) is 0 Å². The van der Waals surface area contributed by atoms with E-state index >= 15 is 0 Å². The Bertz CT molecular complexity index is 414. The molecule has 1 N–H and O–H groups in total. The predicted molar refractivity (Wildman–Crippen MR) is 69.8 cm³/mol. The summed E-state index contributed by atoms with van der Waals surface area (Å²) in [5, 5.41) is 2.77. The summed E-state index contributed by atoms with van der Waals surface area (Å²) in [6.45, 7) is 0.458. The summed E-state index contributed by atoms with van der Waals surface area (Å²) in [6, 6.07) is 5.79. The Morgan fingerprint density at radius 3 is 2.88 bits per heavy atom. The molecule has 1 amide bonds. The second-order valence-electron chi connectivity index (χ2n) is 3.52. The van der Waals surface area contributed by atoms with Crippen molar-refractivity contribution in [3.8, 4) is 5.75 Å². The van der Waals surface area contributed by atoms with Crippen LogP contribution in [-0.2, 0) is 4.74 Å². The first-order valence-corrected chi connectivity index (χ1v) is 5.76. The van der Waals surface area contributed by atoms with Gasteiger partial charge in [0.1, 0.15) is 5.75 Å². The van der Waals surface area contributed by atoms with Crippen molar-refractivity contribution in [2.45, 2.75) is 12.5 Å². The standard InChI is InChI=1S/C11H12BrNO3.ClH/c1-15-10-3-2-7(6-8(10)12)9-4-5-16-11(14)13-9;/h2-3,6,9H,4-5H2,1H3,(H,13,14);1H/t9-;/m0./s1. The molecule has 0 saturated carbocycles. The monoisotopic (exact) mass is 321 g/mol. The van der Waals surface area contributed by atoms with Gasteiger partial charge in [-0.2, -0.15) is 0 Å². The Balaban J connectivity index is 0.00000144. The minimum atomic E-state index is -0.358. The normalized spacial score (nSPS) is 18.7. The molecule has 17 heavy (non-hydrogen) atoms. The molecular formula is C11H13BrClNO3. The molecule has 94 valence electrons. The van der Waals surface area contributed by atoms with E-state index in [4.69, 9.17) is 9.47 Å². The number of alkyl carbamates (subject to hydrolysis) is 1. The number of halogens is 2. The van der Waals surface area contributed by atoms with E-state index in [0.29, 0.717) is 6.61 Å². The third-order valence-corrected chi connectivity index (χ3v) is 3.13. The topological polar surface area (TPSA) is 47.6 Å². The maximum Gasteiger partial charge on any atom is 0.407 e. The first kappa shape index (κ1) is 14.1. The number of cyclic esters (lactones) is 1.